The van der Waals surface area contributed by atoms with Gasteiger partial charge in [0.1, 0.15) is 5.82 Å². The maximum absolute atomic E-state index is 13.1. The maximum Gasteiger partial charge on any atom is 0.335 e. The minimum absolute atomic E-state index is 0.587. The molecule has 0 aromatic heterocycles. The lowest BCUT2D eigenvalue weighted by Crippen LogP contribution is -2.37. The Kier molecular flexibility index (Phi) is 3.23. The van der Waals surface area contributed by atoms with Gasteiger partial charge in [0.15, 0.2) is 17.2 Å². The van der Waals surface area contributed by atoms with E-state index in [1.54, 1.807) is 0 Å². The predicted molar refractivity (Wildman–Crippen MR) is 48.3 cm³/mol. The lowest BCUT2D eigenvalue weighted by atomic mass is 9.96. The summed E-state index contributed by atoms with van der Waals surface area (Å²) < 4.78 is 39.0. The Hall–Kier alpha value is -1.56. The average molecular weight is 234 g/mol. The van der Waals surface area contributed by atoms with Gasteiger partial charge >= 0.3 is 5.97 Å². The van der Waals surface area contributed by atoms with Gasteiger partial charge in [0.2, 0.25) is 0 Å². The fraction of sp³-hybridized carbons (Fsp3) is 0.300. The largest absolute Gasteiger partial charge is 0.479 e. The molecule has 1 aromatic carbocycles. The van der Waals surface area contributed by atoms with Crippen molar-refractivity contribution in [2.75, 3.05) is 0 Å². The number of halogens is 3. The summed E-state index contributed by atoms with van der Waals surface area (Å²) in [5.41, 5.74) is -3.14. The first-order valence-corrected chi connectivity index (χ1v) is 4.34. The highest BCUT2D eigenvalue weighted by Crippen LogP contribution is 2.21. The van der Waals surface area contributed by atoms with Gasteiger partial charge in [-0.2, -0.15) is 0 Å². The molecule has 0 aliphatic heterocycles. The summed E-state index contributed by atoms with van der Waals surface area (Å²) in [7, 11) is 0. The first-order valence-electron chi connectivity index (χ1n) is 4.34. The van der Waals surface area contributed by atoms with Crippen molar-refractivity contribution in [3.63, 3.8) is 0 Å². The van der Waals surface area contributed by atoms with Gasteiger partial charge < -0.3 is 10.2 Å². The summed E-state index contributed by atoms with van der Waals surface area (Å²) in [6, 6.07) is 1.26. The molecule has 0 heterocycles. The fourth-order valence-electron chi connectivity index (χ4n) is 1.15. The molecule has 16 heavy (non-hydrogen) atoms. The van der Waals surface area contributed by atoms with Crippen LogP contribution in [0.2, 0.25) is 0 Å². The number of hydrogen-bond acceptors (Lipinski definition) is 2. The number of rotatable bonds is 3. The van der Waals surface area contributed by atoms with E-state index in [0.717, 1.165) is 6.92 Å². The summed E-state index contributed by atoms with van der Waals surface area (Å²) in [6.45, 7) is 0.874. The highest BCUT2D eigenvalue weighted by molar-refractivity contribution is 5.77. The van der Waals surface area contributed by atoms with Crippen molar-refractivity contribution < 1.29 is 28.2 Å². The maximum atomic E-state index is 13.1. The van der Waals surface area contributed by atoms with E-state index in [2.05, 4.69) is 0 Å². The molecule has 0 bridgehead atoms. The van der Waals surface area contributed by atoms with Crippen LogP contribution in [0.15, 0.2) is 12.1 Å². The second-order valence-corrected chi connectivity index (χ2v) is 3.58. The highest BCUT2D eigenvalue weighted by atomic mass is 19.2. The van der Waals surface area contributed by atoms with Crippen molar-refractivity contribution in [2.45, 2.75) is 18.9 Å². The van der Waals surface area contributed by atoms with Crippen molar-refractivity contribution in [2.24, 2.45) is 0 Å². The van der Waals surface area contributed by atoms with Crippen molar-refractivity contribution in [3.05, 3.63) is 35.1 Å². The Morgan fingerprint density at radius 3 is 2.31 bits per heavy atom. The summed E-state index contributed by atoms with van der Waals surface area (Å²) in [4.78, 5) is 10.5. The Balaban J connectivity index is 3.15. The monoisotopic (exact) mass is 234 g/mol. The molecular weight excluding hydrogens is 225 g/mol. The molecular formula is C10H9F3O3. The average Bonchev–Trinajstić information content (AvgIpc) is 2.18. The number of carboxylic acids is 1. The molecule has 0 radical (unpaired) electrons. The van der Waals surface area contributed by atoms with Crippen LogP contribution >= 0.6 is 0 Å². The SMILES string of the molecule is CC(O)(Cc1c(F)ccc(F)c1F)C(=O)O. The second-order valence-electron chi connectivity index (χ2n) is 3.58. The summed E-state index contributed by atoms with van der Waals surface area (Å²) in [5.74, 6) is -5.52. The van der Waals surface area contributed by atoms with Crippen molar-refractivity contribution in [1.29, 1.82) is 0 Å². The zero-order chi connectivity index (χ0) is 12.5. The van der Waals surface area contributed by atoms with Crippen LogP contribution in [0.25, 0.3) is 0 Å². The number of benzene rings is 1. The lowest BCUT2D eigenvalue weighted by molar-refractivity contribution is -0.156. The van der Waals surface area contributed by atoms with Gasteiger partial charge in [0, 0.05) is 12.0 Å². The summed E-state index contributed by atoms with van der Waals surface area (Å²) in [6.07, 6.45) is -0.849. The Morgan fingerprint density at radius 1 is 1.31 bits per heavy atom. The molecule has 0 amide bonds. The minimum atomic E-state index is -2.35. The Labute approximate surface area is 89.1 Å². The molecule has 3 nitrogen and oxygen atoms in total. The van der Waals surface area contributed by atoms with Gasteiger partial charge in [-0.15, -0.1) is 0 Å². The van der Waals surface area contributed by atoms with E-state index in [9.17, 15) is 23.1 Å². The zero-order valence-electron chi connectivity index (χ0n) is 8.30. The minimum Gasteiger partial charge on any atom is -0.479 e. The third-order valence-electron chi connectivity index (χ3n) is 2.12. The molecule has 0 saturated carbocycles. The molecule has 1 unspecified atom stereocenters. The Morgan fingerprint density at radius 2 is 1.81 bits per heavy atom. The third-order valence-corrected chi connectivity index (χ3v) is 2.12. The van der Waals surface area contributed by atoms with Crippen LogP contribution in [0.5, 0.6) is 0 Å². The molecule has 0 aliphatic carbocycles. The predicted octanol–water partition coefficient (Wildman–Crippen LogP) is 1.48. The normalized spacial score (nSPS) is 14.6. The van der Waals surface area contributed by atoms with E-state index in [1.807, 2.05) is 0 Å². The molecule has 1 aromatic rings. The molecule has 88 valence electrons. The van der Waals surface area contributed by atoms with Crippen molar-refractivity contribution >= 4 is 5.97 Å². The van der Waals surface area contributed by atoms with Gasteiger partial charge in [-0.05, 0) is 19.1 Å². The topological polar surface area (TPSA) is 57.5 Å². The molecule has 0 spiro atoms. The Bertz CT molecular complexity index is 430. The van der Waals surface area contributed by atoms with Crippen LogP contribution in [0.1, 0.15) is 12.5 Å². The van der Waals surface area contributed by atoms with Crippen LogP contribution in [-0.4, -0.2) is 21.8 Å². The number of carboxylic acid groups (broad SMARTS) is 1. The van der Waals surface area contributed by atoms with E-state index < -0.39 is 41.0 Å². The van der Waals surface area contributed by atoms with Crippen LogP contribution in [0.4, 0.5) is 13.2 Å². The molecule has 2 N–H and O–H groups in total. The number of carbonyl (C=O) groups is 1. The summed E-state index contributed by atoms with van der Waals surface area (Å²) >= 11 is 0. The molecule has 0 saturated heterocycles. The first kappa shape index (κ1) is 12.5. The van der Waals surface area contributed by atoms with Gasteiger partial charge in [0.05, 0.1) is 0 Å². The van der Waals surface area contributed by atoms with E-state index in [-0.39, 0.29) is 0 Å². The number of aliphatic hydroxyl groups is 1. The van der Waals surface area contributed by atoms with Gasteiger partial charge in [-0.1, -0.05) is 0 Å². The van der Waals surface area contributed by atoms with Crippen LogP contribution in [0.3, 0.4) is 0 Å². The van der Waals surface area contributed by atoms with Crippen LogP contribution in [0, 0.1) is 17.5 Å². The van der Waals surface area contributed by atoms with Crippen LogP contribution in [-0.2, 0) is 11.2 Å². The fourth-order valence-corrected chi connectivity index (χ4v) is 1.15. The number of hydrogen-bond donors (Lipinski definition) is 2. The molecule has 0 fully saturated rings. The quantitative estimate of drug-likeness (QED) is 0.779. The molecule has 0 aliphatic rings. The van der Waals surface area contributed by atoms with Crippen molar-refractivity contribution in [1.82, 2.24) is 0 Å². The first-order chi connectivity index (χ1) is 7.25. The standard InChI is InChI=1S/C10H9F3O3/c1-10(16,9(14)15)4-5-6(11)2-3-7(12)8(5)13/h2-3,16H,4H2,1H3,(H,14,15). The van der Waals surface area contributed by atoms with Gasteiger partial charge in [-0.3, -0.25) is 0 Å². The molecule has 6 heteroatoms. The highest BCUT2D eigenvalue weighted by Gasteiger charge is 2.33. The van der Waals surface area contributed by atoms with E-state index in [4.69, 9.17) is 5.11 Å². The molecule has 1 rings (SSSR count). The van der Waals surface area contributed by atoms with Gasteiger partial charge in [-0.25, -0.2) is 18.0 Å². The third kappa shape index (κ3) is 2.33. The van der Waals surface area contributed by atoms with Crippen molar-refractivity contribution in [3.8, 4) is 0 Å². The zero-order valence-corrected chi connectivity index (χ0v) is 8.30. The van der Waals surface area contributed by atoms with Crippen LogP contribution < -0.4 is 0 Å². The van der Waals surface area contributed by atoms with E-state index in [1.165, 1.54) is 0 Å². The summed E-state index contributed by atoms with van der Waals surface area (Å²) in [5, 5.41) is 17.9. The molecule has 1 atom stereocenters. The van der Waals surface area contributed by atoms with Gasteiger partial charge in [0.25, 0.3) is 0 Å². The smallest absolute Gasteiger partial charge is 0.335 e. The van der Waals surface area contributed by atoms with E-state index >= 15 is 0 Å². The second kappa shape index (κ2) is 4.13. The van der Waals surface area contributed by atoms with E-state index in [0.29, 0.717) is 12.1 Å². The number of aliphatic carboxylic acids is 1. The lowest BCUT2D eigenvalue weighted by Gasteiger charge is -2.18.